The molecule has 1 aliphatic rings. The van der Waals surface area contributed by atoms with E-state index in [0.717, 1.165) is 17.7 Å². The van der Waals surface area contributed by atoms with E-state index >= 15 is 0 Å². The lowest BCUT2D eigenvalue weighted by molar-refractivity contribution is -0.124. The number of hydrogen-bond acceptors (Lipinski definition) is 4. The molecule has 18 heavy (non-hydrogen) atoms. The van der Waals surface area contributed by atoms with E-state index in [1.54, 1.807) is 6.07 Å². The van der Waals surface area contributed by atoms with E-state index in [4.69, 9.17) is 0 Å². The fraction of sp³-hybridized carbons (Fsp3) is 0.417. The van der Waals surface area contributed by atoms with Crippen molar-refractivity contribution >= 4 is 27.5 Å². The number of fused-ring (bicyclic) bond motifs is 1. The summed E-state index contributed by atoms with van der Waals surface area (Å²) in [7, 11) is 0. The minimum Gasteiger partial charge on any atom is -0.354 e. The second-order valence-electron chi connectivity index (χ2n) is 4.40. The van der Waals surface area contributed by atoms with Crippen molar-refractivity contribution < 1.29 is 4.79 Å². The van der Waals surface area contributed by atoms with Crippen molar-refractivity contribution in [3.8, 4) is 0 Å². The molecule has 1 aliphatic heterocycles. The van der Waals surface area contributed by atoms with Gasteiger partial charge in [0, 0.05) is 6.54 Å². The number of nitrogens with one attached hydrogen (secondary N) is 1. The molecule has 3 heterocycles. The van der Waals surface area contributed by atoms with Crippen LogP contribution in [0.5, 0.6) is 0 Å². The van der Waals surface area contributed by atoms with Crippen molar-refractivity contribution in [3.05, 3.63) is 28.1 Å². The van der Waals surface area contributed by atoms with Gasteiger partial charge in [0.25, 0.3) is 5.56 Å². The predicted octanol–water partition coefficient (Wildman–Crippen LogP) is 1.30. The summed E-state index contributed by atoms with van der Waals surface area (Å²) in [5.41, 5.74) is -0.122. The Labute approximate surface area is 107 Å². The van der Waals surface area contributed by atoms with Gasteiger partial charge in [0.1, 0.15) is 10.9 Å². The maximum absolute atomic E-state index is 12.3. The molecule has 1 amide bonds. The molecular formula is C12H13N3O2S. The van der Waals surface area contributed by atoms with Gasteiger partial charge in [-0.05, 0) is 30.7 Å². The minimum atomic E-state index is -0.420. The maximum Gasteiger partial charge on any atom is 0.262 e. The maximum atomic E-state index is 12.3. The molecule has 0 aromatic carbocycles. The van der Waals surface area contributed by atoms with Crippen LogP contribution < -0.4 is 10.9 Å². The average Bonchev–Trinajstić information content (AvgIpc) is 2.75. The number of aromatic nitrogens is 2. The second-order valence-corrected chi connectivity index (χ2v) is 5.29. The summed E-state index contributed by atoms with van der Waals surface area (Å²) in [5, 5.41) is 5.28. The van der Waals surface area contributed by atoms with E-state index in [2.05, 4.69) is 10.3 Å². The predicted molar refractivity (Wildman–Crippen MR) is 69.8 cm³/mol. The highest BCUT2D eigenvalue weighted by Gasteiger charge is 2.24. The zero-order valence-corrected chi connectivity index (χ0v) is 10.6. The summed E-state index contributed by atoms with van der Waals surface area (Å²) in [5.74, 6) is -0.0778. The zero-order valence-electron chi connectivity index (χ0n) is 9.76. The summed E-state index contributed by atoms with van der Waals surface area (Å²) in [4.78, 5) is 29.2. The molecule has 3 rings (SSSR count). The van der Waals surface area contributed by atoms with Gasteiger partial charge in [-0.1, -0.05) is 0 Å². The Morgan fingerprint density at radius 1 is 1.39 bits per heavy atom. The lowest BCUT2D eigenvalue weighted by Gasteiger charge is -2.15. The first-order valence-electron chi connectivity index (χ1n) is 5.99. The van der Waals surface area contributed by atoms with Crippen LogP contribution in [0.25, 0.3) is 10.2 Å². The highest BCUT2D eigenvalue weighted by Crippen LogP contribution is 2.19. The number of rotatable bonds is 1. The lowest BCUT2D eigenvalue weighted by atomic mass is 10.1. The molecule has 1 N–H and O–H groups in total. The molecule has 5 nitrogen and oxygen atoms in total. The smallest absolute Gasteiger partial charge is 0.262 e. The van der Waals surface area contributed by atoms with Gasteiger partial charge in [-0.25, -0.2) is 4.98 Å². The standard InChI is InChI=1S/C12H13N3O2S/c16-10-9(3-1-2-5-13-10)15-7-14-11-8(12(15)17)4-6-18-11/h4,6-7,9H,1-3,5H2,(H,13,16)/t9-/m0/s1. The Morgan fingerprint density at radius 2 is 2.28 bits per heavy atom. The second kappa shape index (κ2) is 4.53. The van der Waals surface area contributed by atoms with Crippen LogP contribution in [0.15, 0.2) is 22.6 Å². The van der Waals surface area contributed by atoms with Gasteiger partial charge in [0.15, 0.2) is 0 Å². The Bertz CT molecular complexity index is 646. The van der Waals surface area contributed by atoms with E-state index < -0.39 is 6.04 Å². The van der Waals surface area contributed by atoms with Crippen LogP contribution in [0.4, 0.5) is 0 Å². The largest absolute Gasteiger partial charge is 0.354 e. The van der Waals surface area contributed by atoms with Crippen LogP contribution in [-0.4, -0.2) is 22.0 Å². The molecule has 0 aliphatic carbocycles. The normalized spacial score (nSPS) is 20.7. The number of thiophene rings is 1. The average molecular weight is 263 g/mol. The molecule has 0 saturated carbocycles. The molecule has 94 valence electrons. The molecule has 6 heteroatoms. The summed E-state index contributed by atoms with van der Waals surface area (Å²) in [6.07, 6.45) is 4.10. The first-order valence-corrected chi connectivity index (χ1v) is 6.87. The van der Waals surface area contributed by atoms with Gasteiger partial charge in [-0.2, -0.15) is 0 Å². The molecular weight excluding hydrogens is 250 g/mol. The topological polar surface area (TPSA) is 64.0 Å². The Balaban J connectivity index is 2.10. The van der Waals surface area contributed by atoms with Crippen molar-refractivity contribution in [2.75, 3.05) is 6.54 Å². The quantitative estimate of drug-likeness (QED) is 0.843. The number of carbonyl (C=O) groups is 1. The van der Waals surface area contributed by atoms with Gasteiger partial charge >= 0.3 is 0 Å². The van der Waals surface area contributed by atoms with E-state index in [9.17, 15) is 9.59 Å². The van der Waals surface area contributed by atoms with Gasteiger partial charge in [-0.3, -0.25) is 14.2 Å². The van der Waals surface area contributed by atoms with E-state index in [1.807, 2.05) is 5.38 Å². The third-order valence-electron chi connectivity index (χ3n) is 3.25. The van der Waals surface area contributed by atoms with Gasteiger partial charge < -0.3 is 5.32 Å². The van der Waals surface area contributed by atoms with Crippen LogP contribution in [0, 0.1) is 0 Å². The SMILES string of the molecule is O=C1NCCCC[C@@H]1n1cnc2sccc2c1=O. The molecule has 0 radical (unpaired) electrons. The summed E-state index contributed by atoms with van der Waals surface area (Å²) >= 11 is 1.44. The van der Waals surface area contributed by atoms with E-state index in [-0.39, 0.29) is 11.5 Å². The van der Waals surface area contributed by atoms with Crippen molar-refractivity contribution in [2.45, 2.75) is 25.3 Å². The monoisotopic (exact) mass is 263 g/mol. The fourth-order valence-electron chi connectivity index (χ4n) is 2.28. The van der Waals surface area contributed by atoms with Gasteiger partial charge in [0.2, 0.25) is 5.91 Å². The summed E-state index contributed by atoms with van der Waals surface area (Å²) in [6.45, 7) is 0.693. The van der Waals surface area contributed by atoms with Crippen molar-refractivity contribution in [2.24, 2.45) is 0 Å². The van der Waals surface area contributed by atoms with E-state index in [0.29, 0.717) is 18.4 Å². The van der Waals surface area contributed by atoms with Crippen molar-refractivity contribution in [1.29, 1.82) is 0 Å². The van der Waals surface area contributed by atoms with Gasteiger partial charge in [0.05, 0.1) is 11.7 Å². The lowest BCUT2D eigenvalue weighted by Crippen LogP contribution is -2.35. The molecule has 1 fully saturated rings. The third-order valence-corrected chi connectivity index (χ3v) is 4.07. The Kier molecular flexibility index (Phi) is 2.87. The Morgan fingerprint density at radius 3 is 3.17 bits per heavy atom. The van der Waals surface area contributed by atoms with Crippen molar-refractivity contribution in [1.82, 2.24) is 14.9 Å². The molecule has 1 atom stereocenters. The van der Waals surface area contributed by atoms with Crippen LogP contribution in [0.3, 0.4) is 0 Å². The highest BCUT2D eigenvalue weighted by atomic mass is 32.1. The number of nitrogens with zero attached hydrogens (tertiary/aromatic N) is 2. The van der Waals surface area contributed by atoms with Crippen LogP contribution >= 0.6 is 11.3 Å². The third kappa shape index (κ3) is 1.82. The molecule has 2 aromatic rings. The van der Waals surface area contributed by atoms with Crippen LogP contribution in [0.1, 0.15) is 25.3 Å². The van der Waals surface area contributed by atoms with Crippen LogP contribution in [0.2, 0.25) is 0 Å². The van der Waals surface area contributed by atoms with Gasteiger partial charge in [-0.15, -0.1) is 11.3 Å². The summed E-state index contributed by atoms with van der Waals surface area (Å²) in [6, 6.07) is 1.34. The number of carbonyl (C=O) groups excluding carboxylic acids is 1. The molecule has 1 saturated heterocycles. The first-order chi connectivity index (χ1) is 8.77. The highest BCUT2D eigenvalue weighted by molar-refractivity contribution is 7.16. The van der Waals surface area contributed by atoms with E-state index in [1.165, 1.54) is 22.2 Å². The molecule has 2 aromatic heterocycles. The minimum absolute atomic E-state index is 0.0778. The molecule has 0 unspecified atom stereocenters. The summed E-state index contributed by atoms with van der Waals surface area (Å²) < 4.78 is 1.47. The first kappa shape index (κ1) is 11.4. The number of amides is 1. The fourth-order valence-corrected chi connectivity index (χ4v) is 3.00. The van der Waals surface area contributed by atoms with Crippen molar-refractivity contribution in [3.63, 3.8) is 0 Å². The molecule has 0 bridgehead atoms. The van der Waals surface area contributed by atoms with Crippen LogP contribution in [-0.2, 0) is 4.79 Å². The number of hydrogen-bond donors (Lipinski definition) is 1. The zero-order chi connectivity index (χ0) is 12.5. The Hall–Kier alpha value is -1.69. The molecule has 0 spiro atoms.